The van der Waals surface area contributed by atoms with E-state index in [2.05, 4.69) is 34.9 Å². The highest BCUT2D eigenvalue weighted by molar-refractivity contribution is 6.01. The van der Waals surface area contributed by atoms with Crippen LogP contribution in [0.2, 0.25) is 0 Å². The number of unbranched alkanes of at least 4 members (excludes halogenated alkanes) is 1. The molecule has 3 aliphatic heterocycles. The summed E-state index contributed by atoms with van der Waals surface area (Å²) in [6.45, 7) is 7.57. The summed E-state index contributed by atoms with van der Waals surface area (Å²) in [5.74, 6) is -1.54. The van der Waals surface area contributed by atoms with Crippen LogP contribution in [0, 0.1) is 11.8 Å². The molecule has 2 amide bonds. The van der Waals surface area contributed by atoms with Gasteiger partial charge in [0.2, 0.25) is 0 Å². The Labute approximate surface area is 293 Å². The van der Waals surface area contributed by atoms with Crippen molar-refractivity contribution in [3.05, 3.63) is 60.2 Å². The van der Waals surface area contributed by atoms with Crippen LogP contribution in [-0.2, 0) is 9.53 Å². The van der Waals surface area contributed by atoms with E-state index in [9.17, 15) is 22.8 Å². The molecule has 8 nitrogen and oxygen atoms in total. The molecule has 2 aromatic rings. The second-order valence-electron chi connectivity index (χ2n) is 14.5. The minimum Gasteiger partial charge on any atom is -0.475 e. The summed E-state index contributed by atoms with van der Waals surface area (Å²) in [7, 11) is 0. The number of amides is 2. The van der Waals surface area contributed by atoms with Gasteiger partial charge in [-0.2, -0.15) is 13.2 Å². The van der Waals surface area contributed by atoms with Gasteiger partial charge in [0.15, 0.2) is 0 Å². The minimum absolute atomic E-state index is 0.0608. The van der Waals surface area contributed by atoms with Gasteiger partial charge in [-0.3, -0.25) is 9.69 Å². The third-order valence-corrected chi connectivity index (χ3v) is 11.2. The Morgan fingerprint density at radius 3 is 2.14 bits per heavy atom. The van der Waals surface area contributed by atoms with Crippen LogP contribution in [-0.4, -0.2) is 94.9 Å². The summed E-state index contributed by atoms with van der Waals surface area (Å²) in [5.41, 5.74) is 2.58. The van der Waals surface area contributed by atoms with E-state index < -0.39 is 12.1 Å². The maximum Gasteiger partial charge on any atom is 0.490 e. The SMILES string of the molecule is CCCCC1CN(CC2CCCCC2)C(=O)OC12CCN(C1CCN(C(=O)c3ccccc3-c3ccccc3)CC1)CC2.O=C(O)C(F)(F)F. The van der Waals surface area contributed by atoms with Gasteiger partial charge in [-0.15, -0.1) is 0 Å². The fraction of sp³-hybridized carbons (Fsp3) is 0.615. The monoisotopic (exact) mass is 699 g/mol. The maximum absolute atomic E-state index is 13.6. The third kappa shape index (κ3) is 9.38. The number of benzene rings is 2. The molecule has 11 heteroatoms. The number of hydrogen-bond acceptors (Lipinski definition) is 5. The van der Waals surface area contributed by atoms with E-state index in [1.54, 1.807) is 0 Å². The van der Waals surface area contributed by atoms with Crippen molar-refractivity contribution in [3.8, 4) is 11.1 Å². The Bertz CT molecular complexity index is 1420. The molecule has 1 spiro atoms. The van der Waals surface area contributed by atoms with Crippen molar-refractivity contribution in [1.29, 1.82) is 0 Å². The predicted molar refractivity (Wildman–Crippen MR) is 186 cm³/mol. The van der Waals surface area contributed by atoms with Crippen molar-refractivity contribution in [2.45, 2.75) is 102 Å². The third-order valence-electron chi connectivity index (χ3n) is 11.2. The Hall–Kier alpha value is -3.60. The molecular weight excluding hydrogens is 647 g/mol. The molecule has 50 heavy (non-hydrogen) atoms. The number of aliphatic carboxylic acids is 1. The van der Waals surface area contributed by atoms with Crippen LogP contribution in [0.1, 0.15) is 94.3 Å². The molecule has 6 rings (SSSR count). The van der Waals surface area contributed by atoms with E-state index in [4.69, 9.17) is 14.6 Å². The van der Waals surface area contributed by atoms with Gasteiger partial charge in [-0.1, -0.05) is 87.6 Å². The first kappa shape index (κ1) is 37.7. The van der Waals surface area contributed by atoms with Gasteiger partial charge >= 0.3 is 18.2 Å². The van der Waals surface area contributed by atoms with E-state index in [1.165, 1.54) is 44.9 Å². The van der Waals surface area contributed by atoms with E-state index in [1.807, 2.05) is 41.3 Å². The first-order chi connectivity index (χ1) is 24.0. The van der Waals surface area contributed by atoms with Crippen LogP contribution < -0.4 is 0 Å². The number of carbonyl (C=O) groups excluding carboxylic acids is 2. The largest absolute Gasteiger partial charge is 0.490 e. The number of carbonyl (C=O) groups is 3. The summed E-state index contributed by atoms with van der Waals surface area (Å²) < 4.78 is 38.2. The molecule has 3 heterocycles. The number of halogens is 3. The van der Waals surface area contributed by atoms with Gasteiger partial charge in [0.05, 0.1) is 0 Å². The lowest BCUT2D eigenvalue weighted by atomic mass is 9.75. The first-order valence-corrected chi connectivity index (χ1v) is 18.5. The average Bonchev–Trinajstić information content (AvgIpc) is 3.13. The van der Waals surface area contributed by atoms with Gasteiger partial charge < -0.3 is 19.6 Å². The number of piperidine rings is 2. The standard InChI is InChI=1S/C37H51N3O3.C2HF3O2/c1-2-3-16-31-28-40(27-29-12-6-4-7-13-29)36(42)43-37(31)21-25-38(26-22-37)32-19-23-39(24-20-32)35(41)34-18-11-10-17-33(34)30-14-8-5-9-15-30;3-2(4,5)1(6)7/h5,8-11,14-15,17-18,29,31-32H,2-4,6-7,12-13,16,19-28H2,1H3;(H,6,7). The maximum atomic E-state index is 13.6. The molecule has 0 bridgehead atoms. The highest BCUT2D eigenvalue weighted by atomic mass is 19.4. The zero-order valence-electron chi connectivity index (χ0n) is 29.2. The number of carboxylic acid groups (broad SMARTS) is 1. The zero-order chi connectivity index (χ0) is 35.7. The Kier molecular flexibility index (Phi) is 12.9. The van der Waals surface area contributed by atoms with Gasteiger partial charge in [0.25, 0.3) is 5.91 Å². The minimum atomic E-state index is -5.08. The summed E-state index contributed by atoms with van der Waals surface area (Å²) in [6, 6.07) is 18.7. The molecule has 0 aromatic heterocycles. The molecule has 1 aliphatic carbocycles. The predicted octanol–water partition coefficient (Wildman–Crippen LogP) is 8.27. The normalized spacial score (nSPS) is 22.1. The lowest BCUT2D eigenvalue weighted by Gasteiger charge is -2.52. The molecule has 274 valence electrons. The quantitative estimate of drug-likeness (QED) is 0.299. The number of rotatable bonds is 8. The highest BCUT2D eigenvalue weighted by Crippen LogP contribution is 2.42. The lowest BCUT2D eigenvalue weighted by molar-refractivity contribution is -0.192. The molecule has 3 saturated heterocycles. The zero-order valence-corrected chi connectivity index (χ0v) is 29.2. The molecule has 2 aromatic carbocycles. The van der Waals surface area contributed by atoms with Crippen LogP contribution in [0.15, 0.2) is 54.6 Å². The van der Waals surface area contributed by atoms with E-state index >= 15 is 0 Å². The molecule has 1 saturated carbocycles. The second kappa shape index (κ2) is 17.1. The molecule has 4 aliphatic rings. The lowest BCUT2D eigenvalue weighted by Crippen LogP contribution is -2.61. The highest BCUT2D eigenvalue weighted by Gasteiger charge is 2.50. The number of nitrogens with zero attached hydrogens (tertiary/aromatic N) is 3. The fourth-order valence-corrected chi connectivity index (χ4v) is 8.39. The van der Waals surface area contributed by atoms with Gasteiger partial charge in [0.1, 0.15) is 5.60 Å². The Morgan fingerprint density at radius 2 is 1.52 bits per heavy atom. The van der Waals surface area contributed by atoms with E-state index in [0.717, 1.165) is 88.1 Å². The fourth-order valence-electron chi connectivity index (χ4n) is 8.39. The second-order valence-corrected chi connectivity index (χ2v) is 14.5. The van der Waals surface area contributed by atoms with Crippen molar-refractivity contribution in [1.82, 2.24) is 14.7 Å². The Balaban J connectivity index is 0.000000630. The van der Waals surface area contributed by atoms with Crippen molar-refractivity contribution in [2.75, 3.05) is 39.3 Å². The van der Waals surface area contributed by atoms with Gasteiger partial charge in [-0.25, -0.2) is 9.59 Å². The summed E-state index contributed by atoms with van der Waals surface area (Å²) in [5, 5.41) is 7.12. The molecule has 1 atom stereocenters. The van der Waals surface area contributed by atoms with Crippen molar-refractivity contribution in [3.63, 3.8) is 0 Å². The average molecular weight is 700 g/mol. The molecule has 4 fully saturated rings. The van der Waals surface area contributed by atoms with Crippen LogP contribution in [0.25, 0.3) is 11.1 Å². The van der Waals surface area contributed by atoms with Crippen LogP contribution >= 0.6 is 0 Å². The van der Waals surface area contributed by atoms with Crippen molar-refractivity contribution >= 4 is 18.0 Å². The van der Waals surface area contributed by atoms with Crippen LogP contribution in [0.3, 0.4) is 0 Å². The Morgan fingerprint density at radius 1 is 0.900 bits per heavy atom. The number of ether oxygens (including phenoxy) is 1. The molecule has 0 radical (unpaired) electrons. The van der Waals surface area contributed by atoms with E-state index in [-0.39, 0.29) is 17.6 Å². The van der Waals surface area contributed by atoms with Gasteiger partial charge in [0, 0.05) is 69.6 Å². The molecule has 1 N–H and O–H groups in total. The summed E-state index contributed by atoms with van der Waals surface area (Å²) in [4.78, 5) is 42.6. The first-order valence-electron chi connectivity index (χ1n) is 18.5. The number of carboxylic acids is 1. The number of alkyl halides is 3. The smallest absolute Gasteiger partial charge is 0.475 e. The van der Waals surface area contributed by atoms with Crippen LogP contribution in [0.4, 0.5) is 18.0 Å². The van der Waals surface area contributed by atoms with Gasteiger partial charge in [-0.05, 0) is 55.2 Å². The summed E-state index contributed by atoms with van der Waals surface area (Å²) in [6.07, 6.45) is 8.74. The van der Waals surface area contributed by atoms with E-state index in [0.29, 0.717) is 17.9 Å². The topological polar surface area (TPSA) is 90.4 Å². The van der Waals surface area contributed by atoms with Crippen LogP contribution in [0.5, 0.6) is 0 Å². The van der Waals surface area contributed by atoms with Crippen molar-refractivity contribution in [2.24, 2.45) is 11.8 Å². The molecular formula is C39H52F3N3O5. The number of hydrogen-bond donors (Lipinski definition) is 1. The molecule has 1 unspecified atom stereocenters. The number of likely N-dealkylation sites (tertiary alicyclic amines) is 2. The summed E-state index contributed by atoms with van der Waals surface area (Å²) >= 11 is 0. The van der Waals surface area contributed by atoms with Crippen molar-refractivity contribution < 1.29 is 37.4 Å².